The second-order valence-electron chi connectivity index (χ2n) is 7.16. The van der Waals surface area contributed by atoms with Gasteiger partial charge in [-0.05, 0) is 73.2 Å². The van der Waals surface area contributed by atoms with E-state index in [4.69, 9.17) is 11.6 Å². The summed E-state index contributed by atoms with van der Waals surface area (Å²) >= 11 is 8.22. The molecular formula is C21H17ClF4N4OS2. The average molecular weight is 517 g/mol. The van der Waals surface area contributed by atoms with Gasteiger partial charge in [-0.3, -0.25) is 4.72 Å². The van der Waals surface area contributed by atoms with E-state index in [1.54, 1.807) is 18.3 Å². The van der Waals surface area contributed by atoms with Gasteiger partial charge in [0.15, 0.2) is 0 Å². The number of fused-ring (bicyclic) bond motifs is 1. The van der Waals surface area contributed by atoms with Gasteiger partial charge in [-0.2, -0.15) is 18.3 Å². The van der Waals surface area contributed by atoms with Crippen molar-refractivity contribution in [3.8, 4) is 5.69 Å². The van der Waals surface area contributed by atoms with E-state index < -0.39 is 23.6 Å². The van der Waals surface area contributed by atoms with E-state index in [1.165, 1.54) is 28.2 Å². The molecule has 2 N–H and O–H groups in total. The molecule has 0 unspecified atom stereocenters. The van der Waals surface area contributed by atoms with Crippen LogP contribution >= 0.6 is 34.9 Å². The number of urea groups is 1. The smallest absolute Gasteiger partial charge is 0.331 e. The lowest BCUT2D eigenvalue weighted by atomic mass is 9.92. The van der Waals surface area contributed by atoms with E-state index in [0.29, 0.717) is 40.6 Å². The topological polar surface area (TPSA) is 59.0 Å². The minimum Gasteiger partial charge on any atom is -0.331 e. The number of hydrogen-bond acceptors (Lipinski definition) is 4. The molecule has 4 rings (SSSR count). The van der Waals surface area contributed by atoms with E-state index in [1.807, 2.05) is 0 Å². The number of benzene rings is 1. The fourth-order valence-corrected chi connectivity index (χ4v) is 5.34. The Morgan fingerprint density at radius 3 is 2.61 bits per heavy atom. The molecule has 2 aromatic heterocycles. The van der Waals surface area contributed by atoms with Crippen molar-refractivity contribution in [3.05, 3.63) is 69.6 Å². The Morgan fingerprint density at radius 1 is 1.18 bits per heavy atom. The lowest BCUT2D eigenvalue weighted by Gasteiger charge is -2.19. The molecule has 33 heavy (non-hydrogen) atoms. The number of aryl methyl sites for hydroxylation is 1. The zero-order valence-corrected chi connectivity index (χ0v) is 19.3. The molecule has 1 aromatic carbocycles. The van der Waals surface area contributed by atoms with Crippen LogP contribution in [-0.2, 0) is 12.6 Å². The molecule has 2 amide bonds. The predicted molar refractivity (Wildman–Crippen MR) is 121 cm³/mol. The molecule has 0 radical (unpaired) electrons. The van der Waals surface area contributed by atoms with Crippen LogP contribution in [-0.4, -0.2) is 22.4 Å². The summed E-state index contributed by atoms with van der Waals surface area (Å²) in [6, 6.07) is 7.45. The highest BCUT2D eigenvalue weighted by Gasteiger charge is 2.30. The van der Waals surface area contributed by atoms with Crippen LogP contribution in [0.3, 0.4) is 0 Å². The first-order chi connectivity index (χ1) is 15.7. The zero-order chi connectivity index (χ0) is 23.6. The number of nitrogens with one attached hydrogen (secondary N) is 2. The second-order valence-corrected chi connectivity index (χ2v) is 9.98. The number of aromatic nitrogens is 2. The number of nitrogens with zero attached hydrogens (tertiary/aromatic N) is 2. The minimum absolute atomic E-state index is 0.329. The first kappa shape index (κ1) is 23.7. The molecule has 0 saturated carbocycles. The molecule has 0 saturated heterocycles. The van der Waals surface area contributed by atoms with Gasteiger partial charge in [0.2, 0.25) is 0 Å². The summed E-state index contributed by atoms with van der Waals surface area (Å²) < 4.78 is 59.1. The predicted octanol–water partition coefficient (Wildman–Crippen LogP) is 6.63. The van der Waals surface area contributed by atoms with E-state index in [2.05, 4.69) is 15.1 Å². The van der Waals surface area contributed by atoms with Crippen molar-refractivity contribution >= 4 is 46.5 Å². The van der Waals surface area contributed by atoms with Crippen molar-refractivity contribution in [1.29, 1.82) is 0 Å². The van der Waals surface area contributed by atoms with Gasteiger partial charge in [0.05, 0.1) is 38.2 Å². The van der Waals surface area contributed by atoms with Crippen molar-refractivity contribution in [2.75, 3.05) is 6.54 Å². The molecule has 0 fully saturated rings. The van der Waals surface area contributed by atoms with Crippen molar-refractivity contribution in [2.45, 2.75) is 29.6 Å². The number of carbonyl (C=O) groups excluding carboxylic acids is 1. The maximum absolute atomic E-state index is 15.1. The number of hydrogen-bond donors (Lipinski definition) is 2. The highest BCUT2D eigenvalue weighted by molar-refractivity contribution is 7.99. The molecular weight excluding hydrogens is 500 g/mol. The minimum atomic E-state index is -4.44. The van der Waals surface area contributed by atoms with Gasteiger partial charge in [-0.15, -0.1) is 11.3 Å². The molecule has 0 aliphatic heterocycles. The number of thiophene rings is 1. The number of rotatable bonds is 5. The average Bonchev–Trinajstić information content (AvgIpc) is 3.41. The van der Waals surface area contributed by atoms with Gasteiger partial charge in [0.1, 0.15) is 5.83 Å². The third-order valence-electron chi connectivity index (χ3n) is 4.97. The molecule has 0 spiro atoms. The summed E-state index contributed by atoms with van der Waals surface area (Å²) in [7, 11) is 0. The molecule has 3 aromatic rings. The first-order valence-electron chi connectivity index (χ1n) is 9.81. The van der Waals surface area contributed by atoms with Crippen LogP contribution in [0.2, 0.25) is 4.34 Å². The lowest BCUT2D eigenvalue weighted by Crippen LogP contribution is -2.32. The maximum Gasteiger partial charge on any atom is 0.416 e. The quantitative estimate of drug-likeness (QED) is 0.295. The molecule has 0 bridgehead atoms. The van der Waals surface area contributed by atoms with Crippen LogP contribution in [0.5, 0.6) is 0 Å². The van der Waals surface area contributed by atoms with Gasteiger partial charge in [0, 0.05) is 5.57 Å². The number of alkyl halides is 3. The van der Waals surface area contributed by atoms with Crippen LogP contribution in [0, 0.1) is 0 Å². The van der Waals surface area contributed by atoms with E-state index >= 15 is 4.39 Å². The van der Waals surface area contributed by atoms with Crippen molar-refractivity contribution in [1.82, 2.24) is 19.8 Å². The van der Waals surface area contributed by atoms with Crippen LogP contribution in [0.15, 0.2) is 52.6 Å². The van der Waals surface area contributed by atoms with Crippen molar-refractivity contribution in [3.63, 3.8) is 0 Å². The number of amides is 2. The molecule has 12 heteroatoms. The Morgan fingerprint density at radius 2 is 1.94 bits per heavy atom. The third kappa shape index (κ3) is 5.53. The Bertz CT molecular complexity index is 1190. The fraction of sp³-hybridized carbons (Fsp3) is 0.238. The van der Waals surface area contributed by atoms with E-state index in [0.717, 1.165) is 33.9 Å². The Labute approximate surface area is 200 Å². The monoisotopic (exact) mass is 516 g/mol. The second kappa shape index (κ2) is 9.78. The normalized spacial score (nSPS) is 15.2. The highest BCUT2D eigenvalue weighted by Crippen LogP contribution is 2.36. The molecule has 1 aliphatic rings. The number of allylic oxidation sites excluding steroid dienone is 1. The zero-order valence-electron chi connectivity index (χ0n) is 16.9. The maximum atomic E-state index is 15.1. The van der Waals surface area contributed by atoms with Crippen LogP contribution in [0.1, 0.15) is 29.7 Å². The van der Waals surface area contributed by atoms with Crippen LogP contribution in [0.25, 0.3) is 11.3 Å². The Hall–Kier alpha value is -2.50. The summed E-state index contributed by atoms with van der Waals surface area (Å²) in [5.74, 6) is -0.524. The van der Waals surface area contributed by atoms with Gasteiger partial charge in [0.25, 0.3) is 0 Å². The van der Waals surface area contributed by atoms with Crippen LogP contribution < -0.4 is 10.0 Å². The molecule has 2 heterocycles. The van der Waals surface area contributed by atoms with E-state index in [-0.39, 0.29) is 6.54 Å². The first-order valence-corrected chi connectivity index (χ1v) is 11.8. The van der Waals surface area contributed by atoms with Gasteiger partial charge in [-0.1, -0.05) is 11.6 Å². The highest BCUT2D eigenvalue weighted by atomic mass is 35.5. The summed E-state index contributed by atoms with van der Waals surface area (Å²) in [6.07, 6.45) is -1.03. The largest absolute Gasteiger partial charge is 0.416 e. The molecule has 0 atom stereocenters. The summed E-state index contributed by atoms with van der Waals surface area (Å²) in [6.45, 7) is -0.329. The number of halogens is 5. The fourth-order valence-electron chi connectivity index (χ4n) is 3.46. The summed E-state index contributed by atoms with van der Waals surface area (Å²) in [4.78, 5) is 12.0. The number of carbonyl (C=O) groups is 1. The van der Waals surface area contributed by atoms with Crippen LogP contribution in [0.4, 0.5) is 22.4 Å². The Balaban J connectivity index is 1.49. The van der Waals surface area contributed by atoms with Gasteiger partial charge < -0.3 is 5.32 Å². The Kier molecular flexibility index (Phi) is 7.01. The van der Waals surface area contributed by atoms with Gasteiger partial charge in [-0.25, -0.2) is 13.9 Å². The third-order valence-corrected chi connectivity index (χ3v) is 7.12. The molecule has 5 nitrogen and oxygen atoms in total. The summed E-state index contributed by atoms with van der Waals surface area (Å²) in [5, 5.41) is 6.75. The standard InChI is InChI=1S/C21H17ClF4N4OS2/c22-17-8-9-18(32-17)33-29-20(31)27-11-16(23)15-3-1-2-12-10-28-30(19(12)15)14-6-4-13(5-7-14)21(24,25)26/h4-10H,1-3,11H2,(H2,27,29,31)/b16-15-. The van der Waals surface area contributed by atoms with E-state index in [9.17, 15) is 18.0 Å². The molecule has 1 aliphatic carbocycles. The van der Waals surface area contributed by atoms with Crippen molar-refractivity contribution < 1.29 is 22.4 Å². The van der Waals surface area contributed by atoms with Crippen molar-refractivity contribution in [2.24, 2.45) is 0 Å². The SMILES string of the molecule is O=C(NC/C(F)=C1\CCCc2cnn(-c3ccc(C(F)(F)F)cc3)c21)NSc1ccc(Cl)s1. The molecule has 174 valence electrons. The van der Waals surface area contributed by atoms with Gasteiger partial charge >= 0.3 is 12.2 Å². The lowest BCUT2D eigenvalue weighted by molar-refractivity contribution is -0.137. The summed E-state index contributed by atoms with van der Waals surface area (Å²) in [5.41, 5.74) is 1.33.